The Bertz CT molecular complexity index is 616. The maximum Gasteiger partial charge on any atom is 0.250 e. The quantitative estimate of drug-likeness (QED) is 0.469. The number of nitrogens with zero attached hydrogens (tertiary/aromatic N) is 4. The summed E-state index contributed by atoms with van der Waals surface area (Å²) >= 11 is 0. The Kier molecular flexibility index (Phi) is 2.41. The molecule has 0 fully saturated rings. The zero-order valence-corrected chi connectivity index (χ0v) is 8.16. The molecule has 2 aromatic rings. The van der Waals surface area contributed by atoms with Crippen molar-refractivity contribution in [2.24, 2.45) is 10.8 Å². The van der Waals surface area contributed by atoms with Crippen molar-refractivity contribution >= 4 is 22.5 Å². The monoisotopic (exact) mass is 213 g/mol. The lowest BCUT2D eigenvalue weighted by atomic mass is 10.1. The molecule has 6 heteroatoms. The molecule has 1 amide bonds. The van der Waals surface area contributed by atoms with Gasteiger partial charge < -0.3 is 5.73 Å². The number of fused-ring (bicyclic) bond motifs is 1. The number of hydrogen-bond donors (Lipinski definition) is 1. The molecule has 1 heterocycles. The molecule has 16 heavy (non-hydrogen) atoms. The fourth-order valence-corrected chi connectivity index (χ4v) is 1.46. The van der Waals surface area contributed by atoms with Gasteiger partial charge in [-0.25, -0.2) is 0 Å². The number of amides is 1. The predicted octanol–water partition coefficient (Wildman–Crippen LogP) is 2.28. The van der Waals surface area contributed by atoms with E-state index in [9.17, 15) is 4.79 Å². The second kappa shape index (κ2) is 3.88. The van der Waals surface area contributed by atoms with Gasteiger partial charge in [0.25, 0.3) is 5.91 Å². The van der Waals surface area contributed by atoms with E-state index in [0.717, 1.165) is 0 Å². The smallest absolute Gasteiger partial charge is 0.250 e. The van der Waals surface area contributed by atoms with Crippen LogP contribution in [0, 0.1) is 0 Å². The summed E-state index contributed by atoms with van der Waals surface area (Å²) in [5.41, 5.74) is 14.6. The van der Waals surface area contributed by atoms with Crippen LogP contribution in [0.2, 0.25) is 0 Å². The van der Waals surface area contributed by atoms with E-state index in [-0.39, 0.29) is 11.3 Å². The molecule has 0 aliphatic carbocycles. The third-order valence-electron chi connectivity index (χ3n) is 2.16. The number of azide groups is 1. The first-order chi connectivity index (χ1) is 7.74. The van der Waals surface area contributed by atoms with Crippen molar-refractivity contribution in [3.63, 3.8) is 0 Å². The molecule has 1 aromatic heterocycles. The fraction of sp³-hybridized carbons (Fsp3) is 0. The zero-order valence-electron chi connectivity index (χ0n) is 8.16. The van der Waals surface area contributed by atoms with Crippen LogP contribution in [0.25, 0.3) is 21.3 Å². The predicted molar refractivity (Wildman–Crippen MR) is 59.1 cm³/mol. The summed E-state index contributed by atoms with van der Waals surface area (Å²) in [6, 6.07) is 7.06. The Morgan fingerprint density at radius 3 is 2.88 bits per heavy atom. The summed E-state index contributed by atoms with van der Waals surface area (Å²) in [5, 5.41) is 4.10. The minimum atomic E-state index is -0.666. The van der Waals surface area contributed by atoms with E-state index in [4.69, 9.17) is 11.3 Å². The molecule has 0 atom stereocenters. The molecule has 2 rings (SSSR count). The van der Waals surface area contributed by atoms with Gasteiger partial charge in [-0.3, -0.25) is 9.78 Å². The molecule has 78 valence electrons. The van der Waals surface area contributed by atoms with Crippen LogP contribution in [0.4, 0.5) is 5.69 Å². The second-order valence-corrected chi connectivity index (χ2v) is 3.09. The summed E-state index contributed by atoms with van der Waals surface area (Å²) in [5.74, 6) is -0.666. The number of carbonyl (C=O) groups excluding carboxylic acids is 1. The van der Waals surface area contributed by atoms with Gasteiger partial charge in [0.15, 0.2) is 0 Å². The molecule has 2 N–H and O–H groups in total. The Balaban J connectivity index is 2.89. The van der Waals surface area contributed by atoms with Gasteiger partial charge >= 0.3 is 0 Å². The fourth-order valence-electron chi connectivity index (χ4n) is 1.46. The highest BCUT2D eigenvalue weighted by Gasteiger charge is 2.10. The van der Waals surface area contributed by atoms with Gasteiger partial charge in [-0.2, -0.15) is 0 Å². The molecule has 0 aliphatic rings. The van der Waals surface area contributed by atoms with Crippen molar-refractivity contribution < 1.29 is 4.79 Å². The minimum absolute atomic E-state index is 0.122. The van der Waals surface area contributed by atoms with Gasteiger partial charge in [-0.1, -0.05) is 23.3 Å². The molecule has 0 radical (unpaired) electrons. The van der Waals surface area contributed by atoms with E-state index in [2.05, 4.69) is 15.0 Å². The Morgan fingerprint density at radius 1 is 1.44 bits per heavy atom. The van der Waals surface area contributed by atoms with Crippen LogP contribution < -0.4 is 5.73 Å². The molecule has 0 aliphatic heterocycles. The summed E-state index contributed by atoms with van der Waals surface area (Å²) in [6.45, 7) is 0. The van der Waals surface area contributed by atoms with Gasteiger partial charge in [0, 0.05) is 16.5 Å². The van der Waals surface area contributed by atoms with Gasteiger partial charge in [0.1, 0.15) is 0 Å². The van der Waals surface area contributed by atoms with E-state index in [0.29, 0.717) is 10.9 Å². The Labute approximate surface area is 90.3 Å². The van der Waals surface area contributed by atoms with Crippen LogP contribution in [0.1, 0.15) is 10.4 Å². The number of aromatic nitrogens is 1. The Morgan fingerprint density at radius 2 is 2.19 bits per heavy atom. The lowest BCUT2D eigenvalue weighted by Gasteiger charge is -2.04. The maximum absolute atomic E-state index is 11.1. The molecule has 0 saturated heterocycles. The largest absolute Gasteiger partial charge is 0.366 e. The van der Waals surface area contributed by atoms with Crippen molar-refractivity contribution in [3.8, 4) is 0 Å². The van der Waals surface area contributed by atoms with Crippen LogP contribution in [0.15, 0.2) is 35.6 Å². The molecule has 0 saturated carbocycles. The van der Waals surface area contributed by atoms with Gasteiger partial charge in [0.2, 0.25) is 0 Å². The number of benzene rings is 1. The molecule has 1 aromatic carbocycles. The molecule has 0 spiro atoms. The molecular weight excluding hydrogens is 206 g/mol. The number of nitrogens with two attached hydrogens (primary N) is 1. The standard InChI is InChI=1S/C10H7N5O/c11-10(16)7-5-13-8-4-2-1-3-6(8)9(7)14-15-12/h1-5H,(H2,11,16). The lowest BCUT2D eigenvalue weighted by molar-refractivity contribution is 0.100. The van der Waals surface area contributed by atoms with E-state index >= 15 is 0 Å². The minimum Gasteiger partial charge on any atom is -0.366 e. The van der Waals surface area contributed by atoms with E-state index in [1.807, 2.05) is 0 Å². The average molecular weight is 213 g/mol. The first-order valence-electron chi connectivity index (χ1n) is 4.46. The zero-order chi connectivity index (χ0) is 11.5. The molecule has 6 nitrogen and oxygen atoms in total. The number of primary amides is 1. The van der Waals surface area contributed by atoms with Crippen LogP contribution >= 0.6 is 0 Å². The van der Waals surface area contributed by atoms with Gasteiger partial charge in [-0.15, -0.1) is 0 Å². The summed E-state index contributed by atoms with van der Waals surface area (Å²) < 4.78 is 0. The van der Waals surface area contributed by atoms with E-state index < -0.39 is 5.91 Å². The second-order valence-electron chi connectivity index (χ2n) is 3.09. The van der Waals surface area contributed by atoms with E-state index in [1.54, 1.807) is 24.3 Å². The summed E-state index contributed by atoms with van der Waals surface area (Å²) in [4.78, 5) is 17.9. The van der Waals surface area contributed by atoms with Crippen molar-refractivity contribution in [3.05, 3.63) is 46.5 Å². The third kappa shape index (κ3) is 1.53. The number of hydrogen-bond acceptors (Lipinski definition) is 3. The van der Waals surface area contributed by atoms with Gasteiger partial charge in [0.05, 0.1) is 16.8 Å². The van der Waals surface area contributed by atoms with Crippen molar-refractivity contribution in [2.45, 2.75) is 0 Å². The maximum atomic E-state index is 11.1. The third-order valence-corrected chi connectivity index (χ3v) is 2.16. The highest BCUT2D eigenvalue weighted by molar-refractivity contribution is 6.05. The Hall–Kier alpha value is -2.59. The highest BCUT2D eigenvalue weighted by Crippen LogP contribution is 2.28. The van der Waals surface area contributed by atoms with Crippen molar-refractivity contribution in [1.82, 2.24) is 4.98 Å². The van der Waals surface area contributed by atoms with Crippen molar-refractivity contribution in [1.29, 1.82) is 0 Å². The first kappa shape index (κ1) is 9.95. The molecule has 0 bridgehead atoms. The lowest BCUT2D eigenvalue weighted by Crippen LogP contribution is -2.11. The van der Waals surface area contributed by atoms with Crippen LogP contribution in [0.5, 0.6) is 0 Å². The topological polar surface area (TPSA) is 105 Å². The van der Waals surface area contributed by atoms with Crippen molar-refractivity contribution in [2.75, 3.05) is 0 Å². The van der Waals surface area contributed by atoms with E-state index in [1.165, 1.54) is 6.20 Å². The van der Waals surface area contributed by atoms with Crippen LogP contribution in [0.3, 0.4) is 0 Å². The summed E-state index contributed by atoms with van der Waals surface area (Å²) in [7, 11) is 0. The highest BCUT2D eigenvalue weighted by atomic mass is 16.1. The van der Waals surface area contributed by atoms with Crippen LogP contribution in [-0.2, 0) is 0 Å². The number of pyridine rings is 1. The number of para-hydroxylation sites is 1. The normalized spacial score (nSPS) is 9.75. The SMILES string of the molecule is [N-]=[N+]=Nc1c(C(N)=O)cnc2ccccc12. The van der Waals surface area contributed by atoms with Crippen LogP contribution in [-0.4, -0.2) is 10.9 Å². The average Bonchev–Trinajstić information content (AvgIpc) is 2.29. The van der Waals surface area contributed by atoms with Gasteiger partial charge in [-0.05, 0) is 11.6 Å². The first-order valence-corrected chi connectivity index (χ1v) is 4.46. The molecule has 0 unspecified atom stereocenters. The number of rotatable bonds is 2. The molecular formula is C10H7N5O. The summed E-state index contributed by atoms with van der Waals surface area (Å²) in [6.07, 6.45) is 1.31. The number of carbonyl (C=O) groups is 1.